The van der Waals surface area contributed by atoms with Gasteiger partial charge >= 0.3 is 0 Å². The average molecular weight is 318 g/mol. The number of ether oxygens (including phenoxy) is 1. The molecular formula is C16H22N4O3. The van der Waals surface area contributed by atoms with E-state index in [0.29, 0.717) is 25.9 Å². The second-order valence-electron chi connectivity index (χ2n) is 6.19. The van der Waals surface area contributed by atoms with Gasteiger partial charge in [0.1, 0.15) is 12.1 Å². The van der Waals surface area contributed by atoms with Crippen molar-refractivity contribution in [1.29, 1.82) is 0 Å². The fraction of sp³-hybridized carbons (Fsp3) is 0.562. The van der Waals surface area contributed by atoms with Crippen molar-refractivity contribution in [2.45, 2.75) is 31.4 Å². The lowest BCUT2D eigenvalue weighted by Crippen LogP contribution is -2.44. The molecule has 3 rings (SSSR count). The predicted octanol–water partition coefficient (Wildman–Crippen LogP) is 0.406. The van der Waals surface area contributed by atoms with Crippen molar-refractivity contribution < 1.29 is 14.3 Å². The number of nitrogens with zero attached hydrogens (tertiary/aromatic N) is 3. The highest BCUT2D eigenvalue weighted by molar-refractivity contribution is 5.90. The summed E-state index contributed by atoms with van der Waals surface area (Å²) in [6.45, 7) is 1.21. The lowest BCUT2D eigenvalue weighted by atomic mass is 10.2. The van der Waals surface area contributed by atoms with Crippen LogP contribution < -0.4 is 15.0 Å². The maximum Gasteiger partial charge on any atom is 0.245 e. The summed E-state index contributed by atoms with van der Waals surface area (Å²) in [6, 6.07) is 3.37. The van der Waals surface area contributed by atoms with Crippen molar-refractivity contribution in [1.82, 2.24) is 15.2 Å². The Labute approximate surface area is 135 Å². The van der Waals surface area contributed by atoms with Crippen LogP contribution in [-0.2, 0) is 9.59 Å². The van der Waals surface area contributed by atoms with E-state index >= 15 is 0 Å². The van der Waals surface area contributed by atoms with E-state index in [1.807, 2.05) is 31.1 Å². The van der Waals surface area contributed by atoms with Gasteiger partial charge in [-0.25, -0.2) is 4.98 Å². The molecule has 0 saturated carbocycles. The van der Waals surface area contributed by atoms with Crippen molar-refractivity contribution in [2.75, 3.05) is 32.1 Å². The molecule has 2 saturated heterocycles. The third kappa shape index (κ3) is 3.38. The summed E-state index contributed by atoms with van der Waals surface area (Å²) in [7, 11) is 3.84. The van der Waals surface area contributed by atoms with Crippen LogP contribution in [0.3, 0.4) is 0 Å². The summed E-state index contributed by atoms with van der Waals surface area (Å²) in [5.41, 5.74) is 0. The van der Waals surface area contributed by atoms with Crippen molar-refractivity contribution in [3.63, 3.8) is 0 Å². The van der Waals surface area contributed by atoms with Gasteiger partial charge < -0.3 is 19.9 Å². The highest BCUT2D eigenvalue weighted by atomic mass is 16.5. The van der Waals surface area contributed by atoms with E-state index in [2.05, 4.69) is 10.3 Å². The standard InChI is InChI=1S/C16H22N4O3/c1-19(2)15-13(4-3-8-17-15)23-11-7-9-20(10-11)16(22)12-5-6-14(21)18-12/h3-4,8,11-12H,5-7,9-10H2,1-2H3,(H,18,21)/t11-,12+/m1/s1. The van der Waals surface area contributed by atoms with E-state index < -0.39 is 0 Å². The smallest absolute Gasteiger partial charge is 0.245 e. The lowest BCUT2D eigenvalue weighted by molar-refractivity contribution is -0.133. The number of pyridine rings is 1. The van der Waals surface area contributed by atoms with Crippen LogP contribution in [0.15, 0.2) is 18.3 Å². The molecule has 1 aromatic rings. The Balaban J connectivity index is 1.60. The number of likely N-dealkylation sites (tertiary alicyclic amines) is 1. The second kappa shape index (κ2) is 6.44. The van der Waals surface area contributed by atoms with E-state index in [4.69, 9.17) is 4.74 Å². The summed E-state index contributed by atoms with van der Waals surface area (Å²) >= 11 is 0. The van der Waals surface area contributed by atoms with Crippen LogP contribution >= 0.6 is 0 Å². The van der Waals surface area contributed by atoms with Crippen LogP contribution in [0.5, 0.6) is 5.75 Å². The van der Waals surface area contributed by atoms with Crippen LogP contribution in [0, 0.1) is 0 Å². The van der Waals surface area contributed by atoms with Gasteiger partial charge in [-0.1, -0.05) is 0 Å². The first kappa shape index (κ1) is 15.6. The minimum atomic E-state index is -0.364. The normalized spacial score (nSPS) is 23.7. The molecular weight excluding hydrogens is 296 g/mol. The quantitative estimate of drug-likeness (QED) is 0.870. The molecule has 23 heavy (non-hydrogen) atoms. The van der Waals surface area contributed by atoms with Crippen molar-refractivity contribution in [3.05, 3.63) is 18.3 Å². The summed E-state index contributed by atoms with van der Waals surface area (Å²) < 4.78 is 6.05. The largest absolute Gasteiger partial charge is 0.485 e. The third-order valence-electron chi connectivity index (χ3n) is 4.22. The van der Waals surface area contributed by atoms with E-state index in [9.17, 15) is 9.59 Å². The maximum atomic E-state index is 12.4. The van der Waals surface area contributed by atoms with Gasteiger partial charge in [0, 0.05) is 39.7 Å². The number of carbonyl (C=O) groups is 2. The Morgan fingerprint density at radius 3 is 2.96 bits per heavy atom. The Morgan fingerprint density at radius 2 is 2.26 bits per heavy atom. The number of rotatable bonds is 4. The first-order valence-electron chi connectivity index (χ1n) is 7.91. The molecule has 1 aromatic heterocycles. The van der Waals surface area contributed by atoms with Crippen LogP contribution in [0.4, 0.5) is 5.82 Å². The highest BCUT2D eigenvalue weighted by Crippen LogP contribution is 2.27. The van der Waals surface area contributed by atoms with Gasteiger partial charge in [0.2, 0.25) is 11.8 Å². The van der Waals surface area contributed by atoms with Gasteiger partial charge in [0.25, 0.3) is 0 Å². The Bertz CT molecular complexity index is 605. The molecule has 2 amide bonds. The zero-order chi connectivity index (χ0) is 16.4. The first-order valence-corrected chi connectivity index (χ1v) is 7.91. The molecule has 0 spiro atoms. The van der Waals surface area contributed by atoms with Crippen LogP contribution in [0.2, 0.25) is 0 Å². The Kier molecular flexibility index (Phi) is 4.36. The number of carbonyl (C=O) groups excluding carboxylic acids is 2. The molecule has 2 aliphatic rings. The molecule has 0 unspecified atom stereocenters. The molecule has 1 N–H and O–H groups in total. The lowest BCUT2D eigenvalue weighted by Gasteiger charge is -2.22. The van der Waals surface area contributed by atoms with E-state index in [1.165, 1.54) is 0 Å². The average Bonchev–Trinajstić information content (AvgIpc) is 3.16. The Morgan fingerprint density at radius 1 is 1.43 bits per heavy atom. The fourth-order valence-corrected chi connectivity index (χ4v) is 3.03. The minimum Gasteiger partial charge on any atom is -0.485 e. The molecule has 0 aliphatic carbocycles. The number of hydrogen-bond acceptors (Lipinski definition) is 5. The number of amides is 2. The third-order valence-corrected chi connectivity index (χ3v) is 4.22. The number of aromatic nitrogens is 1. The summed E-state index contributed by atoms with van der Waals surface area (Å²) in [4.78, 5) is 31.7. The van der Waals surface area contributed by atoms with E-state index in [-0.39, 0.29) is 24.0 Å². The monoisotopic (exact) mass is 318 g/mol. The minimum absolute atomic E-state index is 0.000898. The topological polar surface area (TPSA) is 74.8 Å². The molecule has 0 aromatic carbocycles. The van der Waals surface area contributed by atoms with Gasteiger partial charge in [0.05, 0.1) is 6.54 Å². The molecule has 2 aliphatic heterocycles. The van der Waals surface area contributed by atoms with Gasteiger partial charge in [-0.05, 0) is 18.6 Å². The predicted molar refractivity (Wildman–Crippen MR) is 85.3 cm³/mol. The molecule has 0 radical (unpaired) electrons. The molecule has 3 heterocycles. The summed E-state index contributed by atoms with van der Waals surface area (Å²) in [6.07, 6.45) is 3.50. The van der Waals surface area contributed by atoms with Crippen molar-refractivity contribution in [3.8, 4) is 5.75 Å². The number of hydrogen-bond donors (Lipinski definition) is 1. The van der Waals surface area contributed by atoms with Gasteiger partial charge in [-0.2, -0.15) is 0 Å². The molecule has 0 bridgehead atoms. The molecule has 7 nitrogen and oxygen atoms in total. The molecule has 2 fully saturated rings. The maximum absolute atomic E-state index is 12.4. The van der Waals surface area contributed by atoms with Crippen LogP contribution in [0.1, 0.15) is 19.3 Å². The Hall–Kier alpha value is -2.31. The second-order valence-corrected chi connectivity index (χ2v) is 6.19. The van der Waals surface area contributed by atoms with E-state index in [1.54, 1.807) is 11.1 Å². The number of nitrogens with one attached hydrogen (secondary N) is 1. The summed E-state index contributed by atoms with van der Waals surface area (Å²) in [5.74, 6) is 1.47. The van der Waals surface area contributed by atoms with Crippen molar-refractivity contribution in [2.24, 2.45) is 0 Å². The SMILES string of the molecule is CN(C)c1ncccc1O[C@@H]1CCN(C(=O)[C@@H]2CCC(=O)N2)C1. The van der Waals surface area contributed by atoms with Crippen LogP contribution in [-0.4, -0.2) is 61.0 Å². The fourth-order valence-electron chi connectivity index (χ4n) is 3.03. The van der Waals surface area contributed by atoms with Crippen molar-refractivity contribution >= 4 is 17.6 Å². The first-order chi connectivity index (χ1) is 11.0. The van der Waals surface area contributed by atoms with E-state index in [0.717, 1.165) is 18.0 Å². The van der Waals surface area contributed by atoms with Gasteiger partial charge in [-0.15, -0.1) is 0 Å². The molecule has 2 atom stereocenters. The zero-order valence-electron chi connectivity index (χ0n) is 13.5. The van der Waals surface area contributed by atoms with Gasteiger partial charge in [-0.3, -0.25) is 9.59 Å². The molecule has 7 heteroatoms. The molecule has 124 valence electrons. The number of anilines is 1. The van der Waals surface area contributed by atoms with Crippen LogP contribution in [0.25, 0.3) is 0 Å². The van der Waals surface area contributed by atoms with Gasteiger partial charge in [0.15, 0.2) is 11.6 Å². The zero-order valence-corrected chi connectivity index (χ0v) is 13.5. The highest BCUT2D eigenvalue weighted by Gasteiger charge is 2.35. The summed E-state index contributed by atoms with van der Waals surface area (Å²) in [5, 5.41) is 2.73.